The van der Waals surface area contributed by atoms with E-state index in [2.05, 4.69) is 13.8 Å². The first-order chi connectivity index (χ1) is 27.1. The lowest BCUT2D eigenvalue weighted by atomic mass is 9.77. The highest BCUT2D eigenvalue weighted by Crippen LogP contribution is 2.58. The number of pyridine rings is 1. The van der Waals surface area contributed by atoms with Crippen molar-refractivity contribution in [2.75, 3.05) is 19.8 Å². The minimum Gasteiger partial charge on any atom is -0.491 e. The Morgan fingerprint density at radius 2 is 1.77 bits per heavy atom. The van der Waals surface area contributed by atoms with Crippen molar-refractivity contribution < 1.29 is 43.6 Å². The fourth-order valence-corrected chi connectivity index (χ4v) is 10.2. The standard InChI is InChI=1S/C44H57N3O9S/c1-7-27-20-44(27,42(52)53)21-37(49)36-17-30(22-47(36)41(51)32(43(4,5)6)18-40(50)56-29-14-25-13-26(25)15-29)55-38-19-34(35-23-57-39(46-35)12-24(2)3)45-33-16-28(54-11-10-48)8-9-31(33)38/h8-9,16,19,23-27,29-30,32,36,48H,7,10-15,17-18,20-22H2,1-6H3,(H,52,53)/t25-,26+,27?,29?,30-,32-,36+,44-/m1/s1. The number of carbonyl (C=O) groups is 4. The maximum Gasteiger partial charge on any atom is 0.310 e. The molecule has 3 aromatic rings. The summed E-state index contributed by atoms with van der Waals surface area (Å²) in [5.74, 6) is -0.170. The summed E-state index contributed by atoms with van der Waals surface area (Å²) >= 11 is 1.57. The van der Waals surface area contributed by atoms with Gasteiger partial charge in [0.1, 0.15) is 30.3 Å². The van der Waals surface area contributed by atoms with Gasteiger partial charge in [-0.05, 0) is 66.9 Å². The first kappa shape index (κ1) is 41.1. The predicted octanol–water partition coefficient (Wildman–Crippen LogP) is 7.13. The Hall–Kier alpha value is -4.10. The quantitative estimate of drug-likeness (QED) is 0.133. The molecule has 1 aromatic carbocycles. The molecule has 57 heavy (non-hydrogen) atoms. The molecule has 8 atom stereocenters. The van der Waals surface area contributed by atoms with Crippen LogP contribution in [-0.4, -0.2) is 86.7 Å². The van der Waals surface area contributed by atoms with Crippen LogP contribution in [0.4, 0.5) is 0 Å². The molecule has 0 bridgehead atoms. The number of carbonyl (C=O) groups excluding carboxylic acids is 3. The highest BCUT2D eigenvalue weighted by Gasteiger charge is 2.61. The third kappa shape index (κ3) is 8.99. The smallest absolute Gasteiger partial charge is 0.310 e. The number of nitrogens with zero attached hydrogens (tertiary/aromatic N) is 3. The van der Waals surface area contributed by atoms with E-state index in [1.165, 1.54) is 6.42 Å². The van der Waals surface area contributed by atoms with Crippen molar-refractivity contribution in [1.29, 1.82) is 0 Å². The lowest BCUT2D eigenvalue weighted by Crippen LogP contribution is -2.48. The number of aliphatic hydroxyl groups excluding tert-OH is 1. The number of thiazole rings is 1. The van der Waals surface area contributed by atoms with Gasteiger partial charge < -0.3 is 29.3 Å². The molecule has 12 nitrogen and oxygen atoms in total. The molecule has 3 saturated carbocycles. The number of hydrogen-bond donors (Lipinski definition) is 2. The number of amides is 1. The van der Waals surface area contributed by atoms with Gasteiger partial charge in [-0.2, -0.15) is 0 Å². The number of aliphatic hydroxyl groups is 1. The summed E-state index contributed by atoms with van der Waals surface area (Å²) in [6.45, 7) is 12.0. The highest BCUT2D eigenvalue weighted by molar-refractivity contribution is 7.09. The minimum absolute atomic E-state index is 0.0756. The molecule has 3 heterocycles. The summed E-state index contributed by atoms with van der Waals surface area (Å²) in [5, 5.41) is 23.3. The topological polar surface area (TPSA) is 165 Å². The molecule has 308 valence electrons. The molecule has 0 spiro atoms. The molecular weight excluding hydrogens is 747 g/mol. The zero-order valence-electron chi connectivity index (χ0n) is 34.0. The second-order valence-electron chi connectivity index (χ2n) is 18.3. The molecule has 13 heteroatoms. The number of likely N-dealkylation sites (tertiary alicyclic amines) is 1. The van der Waals surface area contributed by atoms with Crippen LogP contribution in [0, 0.1) is 40.4 Å². The third-order valence-corrected chi connectivity index (χ3v) is 13.4. The number of aliphatic carboxylic acids is 1. The van der Waals surface area contributed by atoms with Crippen molar-refractivity contribution in [3.8, 4) is 22.9 Å². The van der Waals surface area contributed by atoms with E-state index in [4.69, 9.17) is 24.2 Å². The summed E-state index contributed by atoms with van der Waals surface area (Å²) in [6, 6.07) is 6.31. The Morgan fingerprint density at radius 1 is 1.02 bits per heavy atom. The van der Waals surface area contributed by atoms with Gasteiger partial charge in [0.05, 0.1) is 58.9 Å². The second-order valence-corrected chi connectivity index (χ2v) is 19.3. The number of hydrogen-bond acceptors (Lipinski definition) is 11. The Morgan fingerprint density at radius 3 is 2.42 bits per heavy atom. The normalized spacial score (nSPS) is 27.0. The van der Waals surface area contributed by atoms with Gasteiger partial charge in [-0.1, -0.05) is 48.0 Å². The number of carboxylic acid groups (broad SMARTS) is 1. The number of aromatic nitrogens is 2. The summed E-state index contributed by atoms with van der Waals surface area (Å²) < 4.78 is 18.4. The summed E-state index contributed by atoms with van der Waals surface area (Å²) in [6.07, 6.45) is 4.00. The fraction of sp³-hybridized carbons (Fsp3) is 0.636. The van der Waals surface area contributed by atoms with E-state index in [0.717, 1.165) is 24.3 Å². The van der Waals surface area contributed by atoms with Crippen LogP contribution in [0.3, 0.4) is 0 Å². The van der Waals surface area contributed by atoms with Crippen LogP contribution in [0.2, 0.25) is 0 Å². The van der Waals surface area contributed by atoms with E-state index < -0.39 is 40.8 Å². The van der Waals surface area contributed by atoms with Gasteiger partial charge in [0.15, 0.2) is 5.78 Å². The van der Waals surface area contributed by atoms with Crippen LogP contribution in [0.15, 0.2) is 29.6 Å². The van der Waals surface area contributed by atoms with Gasteiger partial charge in [0.25, 0.3) is 0 Å². The van der Waals surface area contributed by atoms with Crippen LogP contribution in [-0.2, 0) is 30.3 Å². The molecule has 2 aromatic heterocycles. The first-order valence-corrected chi connectivity index (χ1v) is 21.5. The van der Waals surface area contributed by atoms with Crippen LogP contribution < -0.4 is 9.47 Å². The Labute approximate surface area is 338 Å². The van der Waals surface area contributed by atoms with Gasteiger partial charge in [0.2, 0.25) is 5.91 Å². The molecule has 7 rings (SSSR count). The van der Waals surface area contributed by atoms with Gasteiger partial charge in [-0.15, -0.1) is 11.3 Å². The first-order valence-electron chi connectivity index (χ1n) is 20.6. The van der Waals surface area contributed by atoms with Gasteiger partial charge in [-0.25, -0.2) is 9.97 Å². The summed E-state index contributed by atoms with van der Waals surface area (Å²) in [4.78, 5) is 66.4. The lowest BCUT2D eigenvalue weighted by Gasteiger charge is -2.35. The maximum atomic E-state index is 14.8. The van der Waals surface area contributed by atoms with Gasteiger partial charge >= 0.3 is 11.9 Å². The van der Waals surface area contributed by atoms with E-state index in [1.54, 1.807) is 28.4 Å². The number of ether oxygens (including phenoxy) is 3. The van der Waals surface area contributed by atoms with Crippen LogP contribution >= 0.6 is 11.3 Å². The molecule has 2 N–H and O–H groups in total. The summed E-state index contributed by atoms with van der Waals surface area (Å²) in [7, 11) is 0. The van der Waals surface area contributed by atoms with Crippen molar-refractivity contribution in [1.82, 2.24) is 14.9 Å². The number of ketones is 1. The Kier molecular flexibility index (Phi) is 11.7. The van der Waals surface area contributed by atoms with Crippen LogP contribution in [0.5, 0.6) is 11.5 Å². The van der Waals surface area contributed by atoms with E-state index in [9.17, 15) is 29.4 Å². The molecule has 1 aliphatic heterocycles. The number of carboxylic acids is 1. The molecule has 3 aliphatic carbocycles. The molecule has 0 radical (unpaired) electrons. The van der Waals surface area contributed by atoms with Crippen molar-refractivity contribution in [3.63, 3.8) is 0 Å². The van der Waals surface area contributed by atoms with Crippen LogP contribution in [0.25, 0.3) is 22.3 Å². The van der Waals surface area contributed by atoms with Crippen molar-refractivity contribution in [2.24, 2.45) is 40.4 Å². The SMILES string of the molecule is CCC1C[C@]1(CC(=O)[C@@H]1C[C@@H](Oc2cc(-c3csc(CC(C)C)n3)nc3cc(OCCO)ccc23)CN1C(=O)[C@@H](CC(=O)OC1C[C@@H]2C[C@@H]2C1)C(C)(C)C)C(=O)O. The largest absolute Gasteiger partial charge is 0.491 e. The van der Waals surface area contributed by atoms with E-state index in [0.29, 0.717) is 64.4 Å². The second kappa shape index (κ2) is 16.3. The van der Waals surface area contributed by atoms with Crippen molar-refractivity contribution in [3.05, 3.63) is 34.7 Å². The molecular formula is C44H57N3O9S. The number of benzene rings is 1. The number of rotatable bonds is 17. The molecule has 2 unspecified atom stereocenters. The van der Waals surface area contributed by atoms with E-state index >= 15 is 0 Å². The summed E-state index contributed by atoms with van der Waals surface area (Å²) in [5.41, 5.74) is 0.103. The highest BCUT2D eigenvalue weighted by atomic mass is 32.1. The fourth-order valence-electron chi connectivity index (χ4n) is 9.16. The van der Waals surface area contributed by atoms with Crippen LogP contribution in [0.1, 0.15) is 97.9 Å². The molecule has 1 amide bonds. The number of Topliss-reactive ketones (excluding diaryl/α,β-unsaturated/α-hetero) is 1. The average Bonchev–Trinajstić information content (AvgIpc) is 3.82. The Balaban J connectivity index is 1.19. The average molecular weight is 804 g/mol. The lowest BCUT2D eigenvalue weighted by molar-refractivity contribution is -0.157. The number of esters is 1. The van der Waals surface area contributed by atoms with Gasteiger partial charge in [0, 0.05) is 42.2 Å². The number of fused-ring (bicyclic) bond motifs is 2. The van der Waals surface area contributed by atoms with Gasteiger partial charge in [-0.3, -0.25) is 19.2 Å². The maximum absolute atomic E-state index is 14.8. The van der Waals surface area contributed by atoms with Crippen molar-refractivity contribution in [2.45, 2.75) is 118 Å². The predicted molar refractivity (Wildman–Crippen MR) is 215 cm³/mol. The zero-order valence-corrected chi connectivity index (χ0v) is 34.8. The van der Waals surface area contributed by atoms with E-state index in [1.807, 2.05) is 45.2 Å². The molecule has 1 saturated heterocycles. The van der Waals surface area contributed by atoms with E-state index in [-0.39, 0.29) is 62.7 Å². The Bertz CT molecular complexity index is 2000. The van der Waals surface area contributed by atoms with Crippen molar-refractivity contribution >= 4 is 45.9 Å². The minimum atomic E-state index is -1.14. The molecule has 4 aliphatic rings. The zero-order chi connectivity index (χ0) is 40.8. The third-order valence-electron chi connectivity index (χ3n) is 12.6. The molecule has 4 fully saturated rings. The monoisotopic (exact) mass is 803 g/mol.